The second-order valence-corrected chi connectivity index (χ2v) is 8.54. The lowest BCUT2D eigenvalue weighted by Gasteiger charge is -2.38. The van der Waals surface area contributed by atoms with Crippen LogP contribution in [0.25, 0.3) is 0 Å². The summed E-state index contributed by atoms with van der Waals surface area (Å²) in [7, 11) is 1.61. The van der Waals surface area contributed by atoms with Gasteiger partial charge in [-0.2, -0.15) is 0 Å². The Morgan fingerprint density at radius 2 is 1.96 bits per heavy atom. The van der Waals surface area contributed by atoms with Crippen molar-refractivity contribution in [2.45, 2.75) is 38.7 Å². The maximum atomic E-state index is 13.1. The summed E-state index contributed by atoms with van der Waals surface area (Å²) in [6.07, 6.45) is -0.254. The van der Waals surface area contributed by atoms with Gasteiger partial charge in [0.2, 0.25) is 17.7 Å². The number of hydrogen-bond acceptors (Lipinski definition) is 4. The van der Waals surface area contributed by atoms with Gasteiger partial charge in [-0.3, -0.25) is 14.4 Å². The van der Waals surface area contributed by atoms with Crippen LogP contribution < -0.4 is 4.90 Å². The summed E-state index contributed by atoms with van der Waals surface area (Å²) in [5.74, 6) is -3.87. The molecule has 146 valence electrons. The molecule has 0 bridgehead atoms. The van der Waals surface area contributed by atoms with Crippen LogP contribution in [0.5, 0.6) is 0 Å². The molecule has 3 aliphatic rings. The highest BCUT2D eigenvalue weighted by Crippen LogP contribution is 2.45. The summed E-state index contributed by atoms with van der Waals surface area (Å²) in [6, 6.07) is 0. The van der Waals surface area contributed by atoms with E-state index in [1.807, 2.05) is 6.92 Å². The van der Waals surface area contributed by atoms with E-state index in [1.54, 1.807) is 16.8 Å². The normalized spacial score (nSPS) is 22.3. The topological polar surface area (TPSA) is 60.9 Å². The Kier molecular flexibility index (Phi) is 4.25. The zero-order valence-electron chi connectivity index (χ0n) is 15.3. The number of carbonyl (C=O) groups is 3. The van der Waals surface area contributed by atoms with Gasteiger partial charge in [-0.05, 0) is 18.9 Å². The lowest BCUT2D eigenvalue weighted by atomic mass is 9.80. The van der Waals surface area contributed by atoms with Crippen LogP contribution in [0.2, 0.25) is 0 Å². The minimum absolute atomic E-state index is 0.0450. The molecule has 0 aromatic carbocycles. The molecular formula is C18H21F2N3O3S. The highest BCUT2D eigenvalue weighted by molar-refractivity contribution is 7.17. The van der Waals surface area contributed by atoms with E-state index in [2.05, 4.69) is 0 Å². The third-order valence-electron chi connectivity index (χ3n) is 5.58. The third-order valence-corrected chi connectivity index (χ3v) is 6.82. The van der Waals surface area contributed by atoms with Crippen molar-refractivity contribution in [2.24, 2.45) is 5.92 Å². The Morgan fingerprint density at radius 1 is 1.26 bits per heavy atom. The fraction of sp³-hybridized carbons (Fsp3) is 0.611. The molecule has 0 saturated heterocycles. The molecule has 1 saturated carbocycles. The molecule has 1 fully saturated rings. The zero-order chi connectivity index (χ0) is 19.5. The molecule has 1 aromatic rings. The number of amides is 3. The quantitative estimate of drug-likeness (QED) is 0.768. The number of likely N-dealkylation sites (N-methyl/N-ethyl adjacent to an activating group) is 2. The van der Waals surface area contributed by atoms with Crippen molar-refractivity contribution in [3.8, 4) is 0 Å². The first-order valence-electron chi connectivity index (χ1n) is 9.09. The first-order chi connectivity index (χ1) is 12.7. The van der Waals surface area contributed by atoms with Crippen molar-refractivity contribution in [3.63, 3.8) is 0 Å². The van der Waals surface area contributed by atoms with Gasteiger partial charge in [-0.15, -0.1) is 11.3 Å². The Bertz CT molecular complexity index is 830. The minimum Gasteiger partial charge on any atom is -0.337 e. The van der Waals surface area contributed by atoms with Gasteiger partial charge in [0.05, 0.1) is 12.1 Å². The molecule has 1 aromatic heterocycles. The minimum atomic E-state index is -2.72. The second-order valence-electron chi connectivity index (χ2n) is 7.45. The van der Waals surface area contributed by atoms with Gasteiger partial charge in [0.1, 0.15) is 11.5 Å². The number of hydrogen-bond donors (Lipinski definition) is 0. The monoisotopic (exact) mass is 397 g/mol. The van der Waals surface area contributed by atoms with Crippen molar-refractivity contribution in [1.29, 1.82) is 0 Å². The SMILES string of the molecule is CCN1C(=O)CN(C)C(=O)c2c1sc1c2CCN(C(=O)C2CC(F)(F)C2)C1. The van der Waals surface area contributed by atoms with Crippen molar-refractivity contribution >= 4 is 34.1 Å². The highest BCUT2D eigenvalue weighted by atomic mass is 32.1. The number of thiophene rings is 1. The molecule has 2 aliphatic heterocycles. The van der Waals surface area contributed by atoms with Crippen LogP contribution in [0.15, 0.2) is 0 Å². The molecule has 27 heavy (non-hydrogen) atoms. The number of nitrogens with zero attached hydrogens (tertiary/aromatic N) is 3. The van der Waals surface area contributed by atoms with Crippen LogP contribution in [0.3, 0.4) is 0 Å². The van der Waals surface area contributed by atoms with Crippen LogP contribution >= 0.6 is 11.3 Å². The summed E-state index contributed by atoms with van der Waals surface area (Å²) in [6.45, 7) is 3.10. The molecule has 3 amide bonds. The Balaban J connectivity index is 1.63. The van der Waals surface area contributed by atoms with Crippen LogP contribution in [0, 0.1) is 5.92 Å². The lowest BCUT2D eigenvalue weighted by Crippen LogP contribution is -2.48. The van der Waals surface area contributed by atoms with Gasteiger partial charge in [0, 0.05) is 43.8 Å². The molecule has 0 unspecified atom stereocenters. The molecule has 9 heteroatoms. The number of fused-ring (bicyclic) bond motifs is 3. The van der Waals surface area contributed by atoms with E-state index in [0.29, 0.717) is 36.6 Å². The predicted octanol–water partition coefficient (Wildman–Crippen LogP) is 2.12. The molecule has 0 spiro atoms. The average molecular weight is 397 g/mol. The summed E-state index contributed by atoms with van der Waals surface area (Å²) < 4.78 is 26.2. The van der Waals surface area contributed by atoms with Gasteiger partial charge in [-0.25, -0.2) is 8.78 Å². The molecule has 4 rings (SSSR count). The van der Waals surface area contributed by atoms with Gasteiger partial charge in [-0.1, -0.05) is 0 Å². The van der Waals surface area contributed by atoms with Crippen LogP contribution in [0.4, 0.5) is 13.8 Å². The van der Waals surface area contributed by atoms with Crippen molar-refractivity contribution in [1.82, 2.24) is 9.80 Å². The number of alkyl halides is 2. The van der Waals surface area contributed by atoms with Gasteiger partial charge in [0.15, 0.2) is 0 Å². The van der Waals surface area contributed by atoms with Gasteiger partial charge < -0.3 is 14.7 Å². The average Bonchev–Trinajstić information content (AvgIpc) is 2.92. The molecule has 1 aliphatic carbocycles. The number of anilines is 1. The predicted molar refractivity (Wildman–Crippen MR) is 96.1 cm³/mol. The van der Waals surface area contributed by atoms with E-state index in [1.165, 1.54) is 16.2 Å². The third kappa shape index (κ3) is 2.92. The van der Waals surface area contributed by atoms with Gasteiger partial charge in [0.25, 0.3) is 5.91 Å². The maximum Gasteiger partial charge on any atom is 0.257 e. The summed E-state index contributed by atoms with van der Waals surface area (Å²) in [4.78, 5) is 43.3. The lowest BCUT2D eigenvalue weighted by molar-refractivity contribution is -0.160. The zero-order valence-corrected chi connectivity index (χ0v) is 16.1. The van der Waals surface area contributed by atoms with E-state index in [0.717, 1.165) is 10.4 Å². The van der Waals surface area contributed by atoms with Crippen molar-refractivity contribution in [2.75, 3.05) is 31.6 Å². The van der Waals surface area contributed by atoms with Crippen molar-refractivity contribution < 1.29 is 23.2 Å². The number of rotatable bonds is 2. The van der Waals surface area contributed by atoms with Crippen molar-refractivity contribution in [3.05, 3.63) is 16.0 Å². The number of carbonyl (C=O) groups excluding carboxylic acids is 3. The highest BCUT2D eigenvalue weighted by Gasteiger charge is 2.50. The van der Waals surface area contributed by atoms with E-state index in [4.69, 9.17) is 0 Å². The standard InChI is InChI=1S/C18H21F2N3O3S/c1-3-23-13(24)9-21(2)16(26)14-11-4-5-22(8-12(11)27-17(14)23)15(25)10-6-18(19,20)7-10/h10H,3-9H2,1-2H3. The largest absolute Gasteiger partial charge is 0.337 e. The van der Waals surface area contributed by atoms with E-state index in [-0.39, 0.29) is 37.1 Å². The van der Waals surface area contributed by atoms with E-state index >= 15 is 0 Å². The first-order valence-corrected chi connectivity index (χ1v) is 9.90. The molecule has 0 N–H and O–H groups in total. The summed E-state index contributed by atoms with van der Waals surface area (Å²) >= 11 is 1.37. The molecule has 6 nitrogen and oxygen atoms in total. The Labute approximate surface area is 159 Å². The Hall–Kier alpha value is -2.03. The molecule has 0 radical (unpaired) electrons. The fourth-order valence-electron chi connectivity index (χ4n) is 4.07. The molecule has 0 atom stereocenters. The second kappa shape index (κ2) is 6.25. The maximum absolute atomic E-state index is 13.1. The summed E-state index contributed by atoms with van der Waals surface area (Å²) in [5, 5.41) is 0.645. The van der Waals surface area contributed by atoms with Crippen LogP contribution in [-0.2, 0) is 22.6 Å². The molecular weight excluding hydrogens is 376 g/mol. The number of halogens is 2. The fourth-order valence-corrected chi connectivity index (χ4v) is 5.50. The van der Waals surface area contributed by atoms with Gasteiger partial charge >= 0.3 is 0 Å². The van der Waals surface area contributed by atoms with Crippen LogP contribution in [0.1, 0.15) is 40.6 Å². The van der Waals surface area contributed by atoms with E-state index in [9.17, 15) is 23.2 Å². The molecule has 3 heterocycles. The summed E-state index contributed by atoms with van der Waals surface area (Å²) in [5.41, 5.74) is 1.45. The smallest absolute Gasteiger partial charge is 0.257 e. The first kappa shape index (κ1) is 18.3. The van der Waals surface area contributed by atoms with E-state index < -0.39 is 11.8 Å². The Morgan fingerprint density at radius 3 is 2.59 bits per heavy atom. The van der Waals surface area contributed by atoms with Crippen LogP contribution in [-0.4, -0.2) is 60.1 Å².